The number of likely N-dealkylation sites (N-methyl/N-ethyl adjacent to an activating group) is 1. The Morgan fingerprint density at radius 2 is 2.10 bits per heavy atom. The van der Waals surface area contributed by atoms with E-state index in [-0.39, 0.29) is 11.9 Å². The minimum atomic E-state index is -0.116. The van der Waals surface area contributed by atoms with E-state index in [1.807, 2.05) is 6.07 Å². The van der Waals surface area contributed by atoms with Gasteiger partial charge in [-0.3, -0.25) is 4.90 Å². The lowest BCUT2D eigenvalue weighted by Gasteiger charge is -2.41. The van der Waals surface area contributed by atoms with E-state index in [1.54, 1.807) is 12.1 Å². The van der Waals surface area contributed by atoms with E-state index in [1.165, 1.54) is 0 Å². The molecule has 1 aromatic carbocycles. The van der Waals surface area contributed by atoms with Gasteiger partial charge in [-0.05, 0) is 37.9 Å². The average molecular weight is 293 g/mol. The molecule has 2 rings (SSSR count). The minimum absolute atomic E-state index is 0.0972. The first-order valence-electron chi connectivity index (χ1n) is 8.04. The van der Waals surface area contributed by atoms with E-state index < -0.39 is 0 Å². The smallest absolute Gasteiger partial charge is 0.146 e. The summed E-state index contributed by atoms with van der Waals surface area (Å²) in [5.41, 5.74) is 7.90. The number of halogens is 1. The van der Waals surface area contributed by atoms with Gasteiger partial charge in [-0.1, -0.05) is 26.0 Å². The van der Waals surface area contributed by atoms with Gasteiger partial charge >= 0.3 is 0 Å². The van der Waals surface area contributed by atoms with E-state index in [4.69, 9.17) is 5.73 Å². The summed E-state index contributed by atoms with van der Waals surface area (Å²) in [5, 5.41) is 0. The molecule has 118 valence electrons. The van der Waals surface area contributed by atoms with E-state index in [9.17, 15) is 4.39 Å². The Kier molecular flexibility index (Phi) is 5.59. The molecule has 21 heavy (non-hydrogen) atoms. The van der Waals surface area contributed by atoms with Gasteiger partial charge in [0.1, 0.15) is 5.82 Å². The molecule has 1 aliphatic heterocycles. The van der Waals surface area contributed by atoms with Gasteiger partial charge in [-0.15, -0.1) is 0 Å². The van der Waals surface area contributed by atoms with Crippen molar-refractivity contribution >= 4 is 5.69 Å². The highest BCUT2D eigenvalue weighted by molar-refractivity contribution is 5.55. The number of benzene rings is 1. The van der Waals surface area contributed by atoms with Crippen molar-refractivity contribution in [2.75, 3.05) is 31.6 Å². The van der Waals surface area contributed by atoms with Crippen molar-refractivity contribution < 1.29 is 4.39 Å². The number of nitrogens with zero attached hydrogens (tertiary/aromatic N) is 2. The monoisotopic (exact) mass is 293 g/mol. The lowest BCUT2D eigenvalue weighted by atomic mass is 10.0. The van der Waals surface area contributed by atoms with Crippen molar-refractivity contribution in [2.45, 2.75) is 45.2 Å². The Hall–Kier alpha value is -1.13. The topological polar surface area (TPSA) is 32.5 Å². The zero-order valence-electron chi connectivity index (χ0n) is 13.5. The van der Waals surface area contributed by atoms with Crippen LogP contribution in [0.1, 0.15) is 32.3 Å². The summed E-state index contributed by atoms with van der Waals surface area (Å²) in [5.74, 6) is -0.116. The predicted molar refractivity (Wildman–Crippen MR) is 87.3 cm³/mol. The maximum atomic E-state index is 14.4. The number of para-hydroxylation sites is 1. The van der Waals surface area contributed by atoms with Gasteiger partial charge in [-0.2, -0.15) is 0 Å². The molecule has 1 saturated heterocycles. The van der Waals surface area contributed by atoms with E-state index >= 15 is 0 Å². The zero-order chi connectivity index (χ0) is 15.4. The Bertz CT molecular complexity index is 463. The minimum Gasteiger partial charge on any atom is -0.366 e. The molecule has 4 heteroatoms. The normalized spacial score (nSPS) is 21.6. The summed E-state index contributed by atoms with van der Waals surface area (Å²) >= 11 is 0. The van der Waals surface area contributed by atoms with Crippen molar-refractivity contribution in [2.24, 2.45) is 5.73 Å². The van der Waals surface area contributed by atoms with E-state index in [0.717, 1.165) is 50.1 Å². The third-order valence-electron chi connectivity index (χ3n) is 4.64. The molecule has 0 amide bonds. The second-order valence-electron chi connectivity index (χ2n) is 6.11. The molecule has 2 N–H and O–H groups in total. The first-order valence-corrected chi connectivity index (χ1v) is 8.04. The summed E-state index contributed by atoms with van der Waals surface area (Å²) in [4.78, 5) is 4.58. The van der Waals surface area contributed by atoms with Crippen LogP contribution < -0.4 is 10.6 Å². The molecule has 1 heterocycles. The molecule has 0 bridgehead atoms. The van der Waals surface area contributed by atoms with Crippen molar-refractivity contribution in [3.8, 4) is 0 Å². The fourth-order valence-corrected chi connectivity index (χ4v) is 3.10. The van der Waals surface area contributed by atoms with E-state index in [0.29, 0.717) is 6.04 Å². The molecule has 1 aliphatic rings. The Balaban J connectivity index is 2.25. The third kappa shape index (κ3) is 3.74. The fourth-order valence-electron chi connectivity index (χ4n) is 3.10. The quantitative estimate of drug-likeness (QED) is 0.906. The molecule has 0 aromatic heterocycles. The van der Waals surface area contributed by atoms with Crippen LogP contribution in [-0.2, 0) is 6.42 Å². The number of hydrogen-bond donors (Lipinski definition) is 1. The number of rotatable bonds is 5. The van der Waals surface area contributed by atoms with E-state index in [2.05, 4.69) is 30.7 Å². The van der Waals surface area contributed by atoms with Gasteiger partial charge in [-0.25, -0.2) is 4.39 Å². The maximum absolute atomic E-state index is 14.4. The first-order chi connectivity index (χ1) is 10.1. The number of hydrogen-bond acceptors (Lipinski definition) is 3. The van der Waals surface area contributed by atoms with Crippen LogP contribution in [0.25, 0.3) is 0 Å². The molecule has 0 radical (unpaired) electrons. The average Bonchev–Trinajstić information content (AvgIpc) is 2.48. The molecular formula is C17H28FN3. The predicted octanol–water partition coefficient (Wildman–Crippen LogP) is 2.64. The summed E-state index contributed by atoms with van der Waals surface area (Å²) in [6.07, 6.45) is 2.74. The molecule has 3 nitrogen and oxygen atoms in total. The van der Waals surface area contributed by atoms with Crippen LogP contribution in [-0.4, -0.2) is 43.7 Å². The molecule has 0 aliphatic carbocycles. The van der Waals surface area contributed by atoms with Gasteiger partial charge in [0.25, 0.3) is 0 Å². The van der Waals surface area contributed by atoms with Gasteiger partial charge in [0.05, 0.1) is 5.69 Å². The van der Waals surface area contributed by atoms with Crippen molar-refractivity contribution in [3.05, 3.63) is 29.6 Å². The summed E-state index contributed by atoms with van der Waals surface area (Å²) in [6.45, 7) is 7.02. The molecule has 0 spiro atoms. The molecule has 2 unspecified atom stereocenters. The third-order valence-corrected chi connectivity index (χ3v) is 4.64. The van der Waals surface area contributed by atoms with Gasteiger partial charge in [0, 0.05) is 31.7 Å². The lowest BCUT2D eigenvalue weighted by molar-refractivity contribution is 0.212. The second kappa shape index (κ2) is 7.23. The number of piperazine rings is 1. The van der Waals surface area contributed by atoms with Crippen molar-refractivity contribution in [3.63, 3.8) is 0 Å². The van der Waals surface area contributed by atoms with Crippen LogP contribution >= 0.6 is 0 Å². The molecule has 0 saturated carbocycles. The summed E-state index contributed by atoms with van der Waals surface area (Å²) in [6, 6.07) is 5.97. The van der Waals surface area contributed by atoms with Gasteiger partial charge in [0.2, 0.25) is 0 Å². The highest BCUT2D eigenvalue weighted by Crippen LogP contribution is 2.28. The van der Waals surface area contributed by atoms with Crippen LogP contribution in [0.4, 0.5) is 10.1 Å². The lowest BCUT2D eigenvalue weighted by Crippen LogP contribution is -2.51. The zero-order valence-corrected chi connectivity index (χ0v) is 13.5. The number of anilines is 1. The standard InChI is InChI=1S/C17H28FN3/c1-4-14(19)11-13-7-6-8-16(18)17(13)21-10-9-20(3)15(5-2)12-21/h6-8,14-15H,4-5,9-12,19H2,1-3H3. The Labute approximate surface area is 127 Å². The van der Waals surface area contributed by atoms with Crippen LogP contribution in [0.2, 0.25) is 0 Å². The van der Waals surface area contributed by atoms with Gasteiger partial charge < -0.3 is 10.6 Å². The summed E-state index contributed by atoms with van der Waals surface area (Å²) < 4.78 is 14.4. The van der Waals surface area contributed by atoms with Crippen molar-refractivity contribution in [1.29, 1.82) is 0 Å². The number of nitrogens with two attached hydrogens (primary N) is 1. The Morgan fingerprint density at radius 1 is 1.33 bits per heavy atom. The molecule has 2 atom stereocenters. The second-order valence-corrected chi connectivity index (χ2v) is 6.11. The van der Waals surface area contributed by atoms with Gasteiger partial charge in [0.15, 0.2) is 0 Å². The largest absolute Gasteiger partial charge is 0.366 e. The SMILES string of the molecule is CCC(N)Cc1cccc(F)c1N1CCN(C)C(CC)C1. The highest BCUT2D eigenvalue weighted by Gasteiger charge is 2.26. The van der Waals surface area contributed by atoms with Crippen molar-refractivity contribution in [1.82, 2.24) is 4.90 Å². The highest BCUT2D eigenvalue weighted by atomic mass is 19.1. The van der Waals surface area contributed by atoms with Crippen LogP contribution in [0.5, 0.6) is 0 Å². The summed E-state index contributed by atoms with van der Waals surface area (Å²) in [7, 11) is 2.15. The molecular weight excluding hydrogens is 265 g/mol. The maximum Gasteiger partial charge on any atom is 0.146 e. The van der Waals surface area contributed by atoms with Crippen LogP contribution in [0.3, 0.4) is 0 Å². The molecule has 1 aromatic rings. The fraction of sp³-hybridized carbons (Fsp3) is 0.647. The first kappa shape index (κ1) is 16.2. The molecule has 1 fully saturated rings. The van der Waals surface area contributed by atoms with Crippen LogP contribution in [0.15, 0.2) is 18.2 Å². The Morgan fingerprint density at radius 3 is 2.76 bits per heavy atom. The van der Waals surface area contributed by atoms with Crippen LogP contribution in [0, 0.1) is 5.82 Å².